The lowest BCUT2D eigenvalue weighted by Gasteiger charge is -2.36. The van der Waals surface area contributed by atoms with E-state index in [9.17, 15) is 41.6 Å². The van der Waals surface area contributed by atoms with Crippen molar-refractivity contribution in [3.63, 3.8) is 0 Å². The fourth-order valence-electron chi connectivity index (χ4n) is 7.15. The summed E-state index contributed by atoms with van der Waals surface area (Å²) >= 11 is 0. The number of hydrogen-bond acceptors (Lipinski definition) is 11. The number of nitrogens with one attached hydrogen (secondary N) is 3. The number of benzene rings is 1. The molecule has 318 valence electrons. The van der Waals surface area contributed by atoms with Gasteiger partial charge >= 0.3 is 18.2 Å². The van der Waals surface area contributed by atoms with Crippen molar-refractivity contribution in [1.82, 2.24) is 25.2 Å². The predicted molar refractivity (Wildman–Crippen MR) is 207 cm³/mol. The largest absolute Gasteiger partial charge is 0.459 e. The van der Waals surface area contributed by atoms with Gasteiger partial charge in [0, 0.05) is 30.5 Å². The van der Waals surface area contributed by atoms with Crippen molar-refractivity contribution in [2.75, 3.05) is 6.54 Å². The summed E-state index contributed by atoms with van der Waals surface area (Å²) in [4.78, 5) is 84.7. The molecule has 6 atom stereocenters. The Morgan fingerprint density at radius 3 is 2.40 bits per heavy atom. The van der Waals surface area contributed by atoms with Crippen molar-refractivity contribution in [3.8, 4) is 0 Å². The van der Waals surface area contributed by atoms with Gasteiger partial charge in [0.25, 0.3) is 5.91 Å². The summed E-state index contributed by atoms with van der Waals surface area (Å²) in [5.74, 6) is -4.47. The Kier molecular flexibility index (Phi) is 13.6. The summed E-state index contributed by atoms with van der Waals surface area (Å²) in [6, 6.07) is 1.83. The lowest BCUT2D eigenvalue weighted by molar-refractivity contribution is -0.144. The van der Waals surface area contributed by atoms with E-state index in [2.05, 4.69) is 15.4 Å². The van der Waals surface area contributed by atoms with Gasteiger partial charge in [0.1, 0.15) is 41.2 Å². The number of esters is 1. The van der Waals surface area contributed by atoms with Crippen LogP contribution in [0.3, 0.4) is 0 Å². The average molecular weight is 832 g/mol. The fourth-order valence-corrected chi connectivity index (χ4v) is 8.55. The normalized spacial score (nSPS) is 27.7. The van der Waals surface area contributed by atoms with E-state index in [1.807, 2.05) is 0 Å². The Morgan fingerprint density at radius 1 is 1.02 bits per heavy atom. The summed E-state index contributed by atoms with van der Waals surface area (Å²) in [5, 5.41) is 4.60. The molecule has 1 aliphatic carbocycles. The second kappa shape index (κ2) is 17.9. The van der Waals surface area contributed by atoms with Gasteiger partial charge in [0.2, 0.25) is 21.8 Å². The van der Waals surface area contributed by atoms with E-state index < -0.39 is 98.3 Å². The van der Waals surface area contributed by atoms with Crippen LogP contribution in [0.2, 0.25) is 0 Å². The van der Waals surface area contributed by atoms with Crippen molar-refractivity contribution >= 4 is 45.9 Å². The number of nitrogens with zero attached hydrogens (tertiary/aromatic N) is 2. The molecule has 18 heteroatoms. The van der Waals surface area contributed by atoms with E-state index in [4.69, 9.17) is 14.2 Å². The summed E-state index contributed by atoms with van der Waals surface area (Å²) in [7, 11) is -4.05. The first-order valence-corrected chi connectivity index (χ1v) is 21.1. The van der Waals surface area contributed by atoms with Crippen LogP contribution < -0.4 is 15.4 Å². The third kappa shape index (κ3) is 10.9. The molecule has 1 saturated carbocycles. The Balaban J connectivity index is 1.49. The summed E-state index contributed by atoms with van der Waals surface area (Å²) in [6.45, 7) is 9.32. The molecule has 0 bridgehead atoms. The molecule has 16 nitrogen and oxygen atoms in total. The van der Waals surface area contributed by atoms with Crippen LogP contribution in [0.25, 0.3) is 0 Å². The van der Waals surface area contributed by atoms with Crippen molar-refractivity contribution in [2.45, 2.75) is 140 Å². The molecule has 5 amide bonds. The van der Waals surface area contributed by atoms with E-state index in [-0.39, 0.29) is 45.3 Å². The Hall–Kier alpha value is -5.00. The zero-order valence-electron chi connectivity index (χ0n) is 33.7. The summed E-state index contributed by atoms with van der Waals surface area (Å²) < 4.78 is 59.6. The standard InChI is InChI=1S/C40H54FN5O11S/c1-7-11-33(47)55-26-14-9-8-12-24(2)40(6,36(50)44-58(53,54)28-17-18-28)43-34(48)32-20-27(56-38(52)45-21-25-13-10-15-30(41)29(25)23-45)22-46(32)35(49)31(19-16-26)42-37(51)57-39(3,4)5/h7-8,10-13,15,24,26-28,31-32H,9,14,16-23H2,1-6H3,(H,42,51)(H,43,48)(H,44,50)/b11-7+,12-8-/t24?,26?,27-,31+,32+,40-/m1/s1. The first-order valence-electron chi connectivity index (χ1n) is 19.6. The molecule has 3 aliphatic heterocycles. The van der Waals surface area contributed by atoms with E-state index in [0.29, 0.717) is 30.4 Å². The SMILES string of the molecule is C/C=C/C(=O)OC1CC/C=C\C(C)[C@](C)(C(=O)NS(=O)(=O)C2CC2)NC(=O)[C@@H]2C[C@@H](OC(=O)N3Cc4cccc(F)c4C3)CN2C(=O)[C@@H](NC(=O)OC(C)(C)C)CC1. The summed E-state index contributed by atoms with van der Waals surface area (Å²) in [6.07, 6.45) is 3.82. The van der Waals surface area contributed by atoms with Crippen molar-refractivity contribution in [3.05, 3.63) is 59.4 Å². The average Bonchev–Trinajstić information content (AvgIpc) is 3.78. The molecular weight excluding hydrogens is 778 g/mol. The fraction of sp³-hybridized carbons (Fsp3) is 0.600. The van der Waals surface area contributed by atoms with Gasteiger partial charge in [-0.1, -0.05) is 37.3 Å². The quantitative estimate of drug-likeness (QED) is 0.156. The van der Waals surface area contributed by atoms with Gasteiger partial charge in [0.15, 0.2) is 0 Å². The number of halogens is 1. The first kappa shape index (κ1) is 44.1. The lowest BCUT2D eigenvalue weighted by Crippen LogP contribution is -2.64. The van der Waals surface area contributed by atoms with Crippen LogP contribution in [0, 0.1) is 11.7 Å². The van der Waals surface area contributed by atoms with Crippen molar-refractivity contribution < 1.29 is 55.8 Å². The van der Waals surface area contributed by atoms with Gasteiger partial charge in [-0.05, 0) is 84.8 Å². The minimum atomic E-state index is -4.05. The van der Waals surface area contributed by atoms with Gasteiger partial charge in [-0.2, -0.15) is 0 Å². The highest BCUT2D eigenvalue weighted by Gasteiger charge is 2.49. The van der Waals surface area contributed by atoms with Gasteiger partial charge in [-0.3, -0.25) is 24.0 Å². The number of alkyl carbamates (subject to hydrolysis) is 1. The zero-order valence-corrected chi connectivity index (χ0v) is 34.6. The highest BCUT2D eigenvalue weighted by molar-refractivity contribution is 7.91. The molecule has 1 aromatic rings. The maximum atomic E-state index is 14.6. The van der Waals surface area contributed by atoms with Crippen LogP contribution in [0.15, 0.2) is 42.5 Å². The van der Waals surface area contributed by atoms with Gasteiger partial charge in [-0.25, -0.2) is 27.2 Å². The van der Waals surface area contributed by atoms with E-state index in [1.54, 1.807) is 52.8 Å². The molecule has 2 fully saturated rings. The molecule has 2 unspecified atom stereocenters. The number of fused-ring (bicyclic) bond motifs is 2. The number of allylic oxidation sites excluding steroid dienone is 2. The Bertz CT molecular complexity index is 1950. The molecule has 4 aliphatic rings. The van der Waals surface area contributed by atoms with Crippen LogP contribution in [0.4, 0.5) is 14.0 Å². The number of amides is 5. The maximum absolute atomic E-state index is 14.6. The number of carbonyl (C=O) groups is 6. The van der Waals surface area contributed by atoms with E-state index >= 15 is 0 Å². The van der Waals surface area contributed by atoms with E-state index in [1.165, 1.54) is 36.1 Å². The third-order valence-electron chi connectivity index (χ3n) is 10.7. The minimum absolute atomic E-state index is 0.0512. The lowest BCUT2D eigenvalue weighted by atomic mass is 9.85. The maximum Gasteiger partial charge on any atom is 0.410 e. The van der Waals surface area contributed by atoms with E-state index in [0.717, 1.165) is 4.90 Å². The van der Waals surface area contributed by atoms with Crippen LogP contribution in [-0.2, 0) is 56.5 Å². The molecule has 0 spiro atoms. The molecule has 5 rings (SSSR count). The third-order valence-corrected chi connectivity index (χ3v) is 12.5. The van der Waals surface area contributed by atoms with Crippen LogP contribution in [0.5, 0.6) is 0 Å². The topological polar surface area (TPSA) is 207 Å². The van der Waals surface area contributed by atoms with Crippen molar-refractivity contribution in [1.29, 1.82) is 0 Å². The molecule has 58 heavy (non-hydrogen) atoms. The number of rotatable bonds is 7. The smallest absolute Gasteiger partial charge is 0.410 e. The van der Waals surface area contributed by atoms with Crippen molar-refractivity contribution in [2.24, 2.45) is 5.92 Å². The molecule has 3 heterocycles. The minimum Gasteiger partial charge on any atom is -0.459 e. The number of sulfonamides is 1. The highest BCUT2D eigenvalue weighted by atomic mass is 32.2. The molecule has 1 saturated heterocycles. The zero-order chi connectivity index (χ0) is 42.6. The highest BCUT2D eigenvalue weighted by Crippen LogP contribution is 2.31. The van der Waals surface area contributed by atoms with Crippen LogP contribution in [0.1, 0.15) is 97.6 Å². The monoisotopic (exact) mass is 831 g/mol. The second-order valence-electron chi connectivity index (χ2n) is 16.5. The van der Waals surface area contributed by atoms with Crippen LogP contribution in [-0.4, -0.2) is 101 Å². The molecule has 1 aromatic carbocycles. The first-order chi connectivity index (χ1) is 27.2. The van der Waals surface area contributed by atoms with Gasteiger partial charge in [0.05, 0.1) is 18.3 Å². The Labute approximate surface area is 338 Å². The number of carbonyl (C=O) groups excluding carboxylic acids is 6. The molecular formula is C40H54FN5O11S. The number of hydrogen-bond donors (Lipinski definition) is 3. The predicted octanol–water partition coefficient (Wildman–Crippen LogP) is 3.88. The van der Waals surface area contributed by atoms with Gasteiger partial charge < -0.3 is 29.7 Å². The number of ether oxygens (including phenoxy) is 3. The molecule has 0 radical (unpaired) electrons. The summed E-state index contributed by atoms with van der Waals surface area (Å²) in [5.41, 5.74) is -1.85. The molecule has 0 aromatic heterocycles. The van der Waals surface area contributed by atoms with Gasteiger partial charge in [-0.15, -0.1) is 0 Å². The molecule has 3 N–H and O–H groups in total. The Morgan fingerprint density at radius 2 is 1.74 bits per heavy atom. The van der Waals surface area contributed by atoms with Crippen LogP contribution >= 0.6 is 0 Å². The second-order valence-corrected chi connectivity index (χ2v) is 18.4.